The van der Waals surface area contributed by atoms with Gasteiger partial charge < -0.3 is 24.4 Å². The molecule has 0 bridgehead atoms. The number of benzene rings is 2. The number of piperazine rings is 1. The predicted octanol–water partition coefficient (Wildman–Crippen LogP) is 3.03. The van der Waals surface area contributed by atoms with E-state index in [1.807, 2.05) is 9.80 Å². The average Bonchev–Trinajstić information content (AvgIpc) is 2.78. The number of hydrogen-bond donors (Lipinski definition) is 1. The van der Waals surface area contributed by atoms with Crippen LogP contribution >= 0.6 is 11.6 Å². The lowest BCUT2D eigenvalue weighted by atomic mass is 10.2. The molecular formula is C21H25ClN4O6. The summed E-state index contributed by atoms with van der Waals surface area (Å²) in [5, 5.41) is 14.5. The fraction of sp³-hybridized carbons (Fsp3) is 0.381. The lowest BCUT2D eigenvalue weighted by Crippen LogP contribution is -2.48. The average molecular weight is 465 g/mol. The molecule has 2 aromatic carbocycles. The van der Waals surface area contributed by atoms with Crippen LogP contribution in [0.15, 0.2) is 30.3 Å². The van der Waals surface area contributed by atoms with E-state index < -0.39 is 4.92 Å². The minimum Gasteiger partial charge on any atom is -0.493 e. The number of amides is 1. The fourth-order valence-electron chi connectivity index (χ4n) is 3.61. The van der Waals surface area contributed by atoms with Crippen molar-refractivity contribution < 1.29 is 23.9 Å². The van der Waals surface area contributed by atoms with Crippen LogP contribution in [0.1, 0.15) is 0 Å². The van der Waals surface area contributed by atoms with Crippen molar-refractivity contribution in [1.82, 2.24) is 4.90 Å². The SMILES string of the molecule is COc1cc(NC(=O)CN2CCN(c3ccc(Cl)cc3[N+](=O)[O-])CC2)cc(OC)c1OC. The van der Waals surface area contributed by atoms with Gasteiger partial charge in [-0.15, -0.1) is 0 Å². The molecule has 3 rings (SSSR count). The van der Waals surface area contributed by atoms with Crippen molar-refractivity contribution in [3.05, 3.63) is 45.5 Å². The van der Waals surface area contributed by atoms with Gasteiger partial charge in [0.2, 0.25) is 11.7 Å². The van der Waals surface area contributed by atoms with Gasteiger partial charge in [0.15, 0.2) is 11.5 Å². The zero-order chi connectivity index (χ0) is 23.3. The number of ether oxygens (including phenoxy) is 3. The highest BCUT2D eigenvalue weighted by atomic mass is 35.5. The molecule has 2 aromatic rings. The van der Waals surface area contributed by atoms with Crippen LogP contribution in [0.25, 0.3) is 0 Å². The molecule has 0 radical (unpaired) electrons. The Hall–Kier alpha value is -3.24. The highest BCUT2D eigenvalue weighted by Gasteiger charge is 2.25. The molecule has 32 heavy (non-hydrogen) atoms. The Bertz CT molecular complexity index is 969. The van der Waals surface area contributed by atoms with Crippen LogP contribution in [-0.4, -0.2) is 69.8 Å². The second kappa shape index (κ2) is 10.4. The van der Waals surface area contributed by atoms with Crippen molar-refractivity contribution in [2.45, 2.75) is 0 Å². The summed E-state index contributed by atoms with van der Waals surface area (Å²) < 4.78 is 15.9. The van der Waals surface area contributed by atoms with Gasteiger partial charge in [0.1, 0.15) is 5.69 Å². The molecule has 1 fully saturated rings. The van der Waals surface area contributed by atoms with E-state index >= 15 is 0 Å². The first-order valence-electron chi connectivity index (χ1n) is 9.87. The molecule has 1 amide bonds. The minimum absolute atomic E-state index is 0.0221. The summed E-state index contributed by atoms with van der Waals surface area (Å²) in [6.45, 7) is 2.47. The summed E-state index contributed by atoms with van der Waals surface area (Å²) in [7, 11) is 4.53. The number of carbonyl (C=O) groups is 1. The third-order valence-corrected chi connectivity index (χ3v) is 5.40. The molecule has 1 heterocycles. The van der Waals surface area contributed by atoms with Crippen molar-refractivity contribution in [3.63, 3.8) is 0 Å². The predicted molar refractivity (Wildman–Crippen MR) is 121 cm³/mol. The minimum atomic E-state index is -0.432. The van der Waals surface area contributed by atoms with Crippen LogP contribution in [0.4, 0.5) is 17.1 Å². The summed E-state index contributed by atoms with van der Waals surface area (Å²) in [6.07, 6.45) is 0. The zero-order valence-electron chi connectivity index (χ0n) is 18.1. The summed E-state index contributed by atoms with van der Waals surface area (Å²) in [5.41, 5.74) is 1.03. The topological polar surface area (TPSA) is 106 Å². The van der Waals surface area contributed by atoms with E-state index in [1.54, 1.807) is 24.3 Å². The number of nitro benzene ring substituents is 1. The molecule has 172 valence electrons. The largest absolute Gasteiger partial charge is 0.493 e. The molecule has 1 saturated heterocycles. The molecule has 0 saturated carbocycles. The van der Waals surface area contributed by atoms with Crippen LogP contribution in [0.5, 0.6) is 17.2 Å². The molecule has 1 aliphatic heterocycles. The molecule has 10 nitrogen and oxygen atoms in total. The van der Waals surface area contributed by atoms with Crippen molar-refractivity contribution in [3.8, 4) is 17.2 Å². The molecule has 0 spiro atoms. The number of nitro groups is 1. The number of halogens is 1. The quantitative estimate of drug-likeness (QED) is 0.469. The van der Waals surface area contributed by atoms with Gasteiger partial charge in [-0.25, -0.2) is 0 Å². The van der Waals surface area contributed by atoms with E-state index in [-0.39, 0.29) is 18.1 Å². The van der Waals surface area contributed by atoms with Crippen LogP contribution in [-0.2, 0) is 4.79 Å². The summed E-state index contributed by atoms with van der Waals surface area (Å²) >= 11 is 5.90. The van der Waals surface area contributed by atoms with E-state index in [0.29, 0.717) is 59.8 Å². The van der Waals surface area contributed by atoms with E-state index in [1.165, 1.54) is 27.4 Å². The Morgan fingerprint density at radius 1 is 1.06 bits per heavy atom. The first-order valence-corrected chi connectivity index (χ1v) is 10.2. The maximum Gasteiger partial charge on any atom is 0.294 e. The van der Waals surface area contributed by atoms with Gasteiger partial charge >= 0.3 is 0 Å². The van der Waals surface area contributed by atoms with Gasteiger partial charge in [0.25, 0.3) is 5.69 Å². The maximum absolute atomic E-state index is 12.6. The molecular weight excluding hydrogens is 440 g/mol. The second-order valence-electron chi connectivity index (χ2n) is 7.12. The molecule has 1 aliphatic rings. The molecule has 0 aromatic heterocycles. The lowest BCUT2D eigenvalue weighted by Gasteiger charge is -2.35. The van der Waals surface area contributed by atoms with Gasteiger partial charge in [0.05, 0.1) is 32.8 Å². The number of rotatable bonds is 8. The molecule has 0 atom stereocenters. The summed E-state index contributed by atoms with van der Waals surface area (Å²) in [4.78, 5) is 27.4. The first kappa shape index (κ1) is 23.4. The Labute approximate surface area is 190 Å². The van der Waals surface area contributed by atoms with Crippen LogP contribution in [0, 0.1) is 10.1 Å². The van der Waals surface area contributed by atoms with E-state index in [0.717, 1.165) is 0 Å². The number of hydrogen-bond acceptors (Lipinski definition) is 8. The smallest absolute Gasteiger partial charge is 0.294 e. The van der Waals surface area contributed by atoms with Crippen LogP contribution in [0.2, 0.25) is 5.02 Å². The van der Waals surface area contributed by atoms with Gasteiger partial charge in [-0.3, -0.25) is 19.8 Å². The van der Waals surface area contributed by atoms with Crippen LogP contribution < -0.4 is 24.4 Å². The lowest BCUT2D eigenvalue weighted by molar-refractivity contribution is -0.384. The Balaban J connectivity index is 1.60. The van der Waals surface area contributed by atoms with Gasteiger partial charge in [-0.1, -0.05) is 11.6 Å². The summed E-state index contributed by atoms with van der Waals surface area (Å²) in [5.74, 6) is 1.14. The van der Waals surface area contributed by atoms with Gasteiger partial charge in [0, 0.05) is 55.1 Å². The Kier molecular flexibility index (Phi) is 7.60. The molecule has 0 unspecified atom stereocenters. The maximum atomic E-state index is 12.6. The van der Waals surface area contributed by atoms with Crippen molar-refractivity contribution in [2.75, 3.05) is 64.3 Å². The number of methoxy groups -OCH3 is 3. The highest BCUT2D eigenvalue weighted by Crippen LogP contribution is 2.40. The van der Waals surface area contributed by atoms with Crippen molar-refractivity contribution >= 4 is 34.6 Å². The highest BCUT2D eigenvalue weighted by molar-refractivity contribution is 6.30. The number of anilines is 2. The standard InChI is InChI=1S/C21H25ClN4O6/c1-30-18-11-15(12-19(31-2)21(18)32-3)23-20(27)13-24-6-8-25(9-7-24)16-5-4-14(22)10-17(16)26(28)29/h4-5,10-12H,6-9,13H2,1-3H3,(H,23,27). The molecule has 11 heteroatoms. The molecule has 1 N–H and O–H groups in total. The fourth-order valence-corrected chi connectivity index (χ4v) is 3.78. The normalized spacial score (nSPS) is 14.1. The number of nitrogens with one attached hydrogen (secondary N) is 1. The first-order chi connectivity index (χ1) is 15.4. The third kappa shape index (κ3) is 5.32. The Morgan fingerprint density at radius 3 is 2.22 bits per heavy atom. The number of nitrogens with zero attached hydrogens (tertiary/aromatic N) is 3. The van der Waals surface area contributed by atoms with Crippen molar-refractivity contribution in [2.24, 2.45) is 0 Å². The number of carbonyl (C=O) groups excluding carboxylic acids is 1. The second-order valence-corrected chi connectivity index (χ2v) is 7.55. The van der Waals surface area contributed by atoms with Gasteiger partial charge in [-0.2, -0.15) is 0 Å². The van der Waals surface area contributed by atoms with Crippen LogP contribution in [0.3, 0.4) is 0 Å². The molecule has 0 aliphatic carbocycles. The van der Waals surface area contributed by atoms with Gasteiger partial charge in [-0.05, 0) is 12.1 Å². The van der Waals surface area contributed by atoms with E-state index in [9.17, 15) is 14.9 Å². The third-order valence-electron chi connectivity index (χ3n) is 5.16. The van der Waals surface area contributed by atoms with E-state index in [4.69, 9.17) is 25.8 Å². The Morgan fingerprint density at radius 2 is 1.69 bits per heavy atom. The van der Waals surface area contributed by atoms with Crippen molar-refractivity contribution in [1.29, 1.82) is 0 Å². The zero-order valence-corrected chi connectivity index (χ0v) is 18.8. The summed E-state index contributed by atoms with van der Waals surface area (Å²) in [6, 6.07) is 7.98. The monoisotopic (exact) mass is 464 g/mol. The van der Waals surface area contributed by atoms with E-state index in [2.05, 4.69) is 5.32 Å².